The third kappa shape index (κ3) is 3.46. The van der Waals surface area contributed by atoms with E-state index in [-0.39, 0.29) is 12.1 Å². The highest BCUT2D eigenvalue weighted by molar-refractivity contribution is 5.80. The van der Waals surface area contributed by atoms with Gasteiger partial charge in [0.05, 0.1) is 6.04 Å². The first kappa shape index (κ1) is 17.8. The summed E-state index contributed by atoms with van der Waals surface area (Å²) in [5, 5.41) is 14.3. The molecule has 4 saturated heterocycles. The van der Waals surface area contributed by atoms with Crippen LogP contribution in [0.1, 0.15) is 19.8 Å². The molecule has 0 amide bonds. The molecule has 4 aliphatic heterocycles. The molecule has 6 nitrogen and oxygen atoms in total. The number of benzene rings is 1. The molecule has 4 heterocycles. The lowest BCUT2D eigenvalue weighted by molar-refractivity contribution is -0.181. The van der Waals surface area contributed by atoms with Crippen LogP contribution in [0.25, 0.3) is 0 Å². The number of nitrogens with one attached hydrogen (secondary N) is 1. The van der Waals surface area contributed by atoms with Crippen molar-refractivity contribution in [1.82, 2.24) is 10.2 Å². The number of ether oxygens (including phenoxy) is 1. The molecule has 2 bridgehead atoms. The number of para-hydroxylation sites is 1. The van der Waals surface area contributed by atoms with Gasteiger partial charge in [0.15, 0.2) is 5.60 Å². The summed E-state index contributed by atoms with van der Waals surface area (Å²) < 4.78 is 5.80. The molecule has 0 saturated carbocycles. The molecule has 1 aromatic rings. The Morgan fingerprint density at radius 3 is 2.58 bits per heavy atom. The third-order valence-corrected chi connectivity index (χ3v) is 6.24. The Bertz CT molecular complexity index is 628. The smallest absolute Gasteiger partial charge is 0.339 e. The Morgan fingerprint density at radius 1 is 1.19 bits per heavy atom. The lowest BCUT2D eigenvalue weighted by Gasteiger charge is -2.45. The summed E-state index contributed by atoms with van der Waals surface area (Å²) in [7, 11) is 0. The summed E-state index contributed by atoms with van der Waals surface area (Å²) >= 11 is 0. The Labute approximate surface area is 155 Å². The third-order valence-electron chi connectivity index (χ3n) is 6.24. The van der Waals surface area contributed by atoms with Crippen LogP contribution in [-0.4, -0.2) is 73.0 Å². The second-order valence-electron chi connectivity index (χ2n) is 8.02. The molecule has 4 aliphatic rings. The van der Waals surface area contributed by atoms with Gasteiger partial charge in [0.1, 0.15) is 6.10 Å². The molecular weight excluding hydrogens is 330 g/mol. The fraction of sp³-hybridized carbons (Fsp3) is 0.650. The monoisotopic (exact) mass is 359 g/mol. The molecule has 2 N–H and O–H groups in total. The number of carbonyl (C=O) groups is 1. The first-order valence-corrected chi connectivity index (χ1v) is 9.73. The van der Waals surface area contributed by atoms with E-state index in [0.29, 0.717) is 12.5 Å². The molecule has 142 valence electrons. The summed E-state index contributed by atoms with van der Waals surface area (Å²) in [5.74, 6) is -0.0523. The minimum absolute atomic E-state index is 0.0784. The zero-order chi connectivity index (χ0) is 18.1. The van der Waals surface area contributed by atoms with E-state index >= 15 is 0 Å². The number of hydrogen-bond acceptors (Lipinski definition) is 6. The van der Waals surface area contributed by atoms with Gasteiger partial charge in [-0.05, 0) is 50.9 Å². The fourth-order valence-corrected chi connectivity index (χ4v) is 4.44. The first-order chi connectivity index (χ1) is 12.5. The molecule has 26 heavy (non-hydrogen) atoms. The molecule has 0 aromatic heterocycles. The highest BCUT2D eigenvalue weighted by Crippen LogP contribution is 2.31. The van der Waals surface area contributed by atoms with Gasteiger partial charge in [-0.25, -0.2) is 4.79 Å². The highest BCUT2D eigenvalue weighted by atomic mass is 16.6. The second kappa shape index (κ2) is 7.18. The van der Waals surface area contributed by atoms with Crippen molar-refractivity contribution < 1.29 is 14.6 Å². The van der Waals surface area contributed by atoms with Gasteiger partial charge in [0.25, 0.3) is 0 Å². The molecule has 0 spiro atoms. The molecule has 4 fully saturated rings. The maximum absolute atomic E-state index is 12.8. The van der Waals surface area contributed by atoms with Crippen LogP contribution in [-0.2, 0) is 9.53 Å². The molecule has 5 rings (SSSR count). The van der Waals surface area contributed by atoms with Crippen LogP contribution in [0.4, 0.5) is 5.69 Å². The molecule has 0 radical (unpaired) electrons. The topological polar surface area (TPSA) is 65.0 Å². The highest BCUT2D eigenvalue weighted by Gasteiger charge is 2.46. The number of piperidine rings is 3. The van der Waals surface area contributed by atoms with Crippen molar-refractivity contribution in [1.29, 1.82) is 0 Å². The lowest BCUT2D eigenvalue weighted by Crippen LogP contribution is -2.64. The SMILES string of the molecule is CC(O)(C(=O)OC1CN2CCC1CC2)C1CN(c2ccccc2)CCN1. The average molecular weight is 359 g/mol. The Morgan fingerprint density at radius 2 is 1.92 bits per heavy atom. The van der Waals surface area contributed by atoms with Crippen molar-refractivity contribution in [2.24, 2.45) is 5.92 Å². The van der Waals surface area contributed by atoms with E-state index < -0.39 is 11.6 Å². The van der Waals surface area contributed by atoms with Gasteiger partial charge in [-0.15, -0.1) is 0 Å². The van der Waals surface area contributed by atoms with Crippen LogP contribution in [0.15, 0.2) is 30.3 Å². The quantitative estimate of drug-likeness (QED) is 0.778. The average Bonchev–Trinajstić information content (AvgIpc) is 2.69. The Balaban J connectivity index is 1.41. The van der Waals surface area contributed by atoms with Crippen molar-refractivity contribution in [3.8, 4) is 0 Å². The second-order valence-corrected chi connectivity index (χ2v) is 8.02. The summed E-state index contributed by atoms with van der Waals surface area (Å²) in [6.07, 6.45) is 2.10. The van der Waals surface area contributed by atoms with Crippen LogP contribution < -0.4 is 10.2 Å². The van der Waals surface area contributed by atoms with Gasteiger partial charge in [-0.1, -0.05) is 18.2 Å². The zero-order valence-electron chi connectivity index (χ0n) is 15.4. The molecule has 6 heteroatoms. The first-order valence-electron chi connectivity index (χ1n) is 9.73. The predicted molar refractivity (Wildman–Crippen MR) is 100 cm³/mol. The van der Waals surface area contributed by atoms with Crippen LogP contribution in [0.2, 0.25) is 0 Å². The van der Waals surface area contributed by atoms with Crippen molar-refractivity contribution in [3.63, 3.8) is 0 Å². The zero-order valence-corrected chi connectivity index (χ0v) is 15.4. The number of aliphatic hydroxyl groups is 1. The summed E-state index contributed by atoms with van der Waals surface area (Å²) in [5.41, 5.74) is -0.431. The summed E-state index contributed by atoms with van der Waals surface area (Å²) in [4.78, 5) is 17.4. The number of carbonyl (C=O) groups excluding carboxylic acids is 1. The van der Waals surface area contributed by atoms with Gasteiger partial charge >= 0.3 is 5.97 Å². The molecular formula is C20H29N3O3. The Hall–Kier alpha value is -1.63. The van der Waals surface area contributed by atoms with E-state index in [1.165, 1.54) is 0 Å². The van der Waals surface area contributed by atoms with Crippen LogP contribution in [0.5, 0.6) is 0 Å². The van der Waals surface area contributed by atoms with Gasteiger partial charge in [-0.2, -0.15) is 0 Å². The standard InChI is InChI=1S/C20H29N3O3/c1-20(25,19(24)26-17-13-22-10-7-15(17)8-11-22)18-14-23(12-9-21-18)16-5-3-2-4-6-16/h2-6,15,17-18,21,25H,7-14H2,1H3. The molecule has 1 aromatic carbocycles. The van der Waals surface area contributed by atoms with Crippen LogP contribution >= 0.6 is 0 Å². The van der Waals surface area contributed by atoms with Crippen molar-refractivity contribution in [3.05, 3.63) is 30.3 Å². The molecule has 0 aliphatic carbocycles. The number of nitrogens with zero attached hydrogens (tertiary/aromatic N) is 2. The van der Waals surface area contributed by atoms with Crippen molar-refractivity contribution in [2.75, 3.05) is 44.2 Å². The minimum atomic E-state index is -1.54. The van der Waals surface area contributed by atoms with Crippen LogP contribution in [0, 0.1) is 5.92 Å². The summed E-state index contributed by atoms with van der Waals surface area (Å²) in [6, 6.07) is 9.76. The van der Waals surface area contributed by atoms with E-state index in [4.69, 9.17) is 4.74 Å². The van der Waals surface area contributed by atoms with E-state index in [1.54, 1.807) is 6.92 Å². The number of fused-ring (bicyclic) bond motifs is 3. The lowest BCUT2D eigenvalue weighted by atomic mass is 9.85. The minimum Gasteiger partial charge on any atom is -0.459 e. The van der Waals surface area contributed by atoms with Gasteiger partial charge in [0, 0.05) is 31.9 Å². The van der Waals surface area contributed by atoms with E-state index in [9.17, 15) is 9.90 Å². The summed E-state index contributed by atoms with van der Waals surface area (Å²) in [6.45, 7) is 6.75. The number of piperazine rings is 1. The number of anilines is 1. The number of esters is 1. The van der Waals surface area contributed by atoms with E-state index in [1.807, 2.05) is 18.2 Å². The molecule has 3 atom stereocenters. The maximum atomic E-state index is 12.8. The predicted octanol–water partition coefficient (Wildman–Crippen LogP) is 0.853. The van der Waals surface area contributed by atoms with Gasteiger partial charge in [-0.3, -0.25) is 4.90 Å². The molecule has 3 unspecified atom stereocenters. The number of rotatable bonds is 4. The fourth-order valence-electron chi connectivity index (χ4n) is 4.44. The van der Waals surface area contributed by atoms with Gasteiger partial charge < -0.3 is 20.1 Å². The van der Waals surface area contributed by atoms with Gasteiger partial charge in [0.2, 0.25) is 0 Å². The van der Waals surface area contributed by atoms with Crippen molar-refractivity contribution >= 4 is 11.7 Å². The normalized spacial score (nSPS) is 33.5. The van der Waals surface area contributed by atoms with E-state index in [0.717, 1.165) is 51.3 Å². The van der Waals surface area contributed by atoms with Crippen molar-refractivity contribution in [2.45, 2.75) is 37.5 Å². The Kier molecular flexibility index (Phi) is 4.90. The van der Waals surface area contributed by atoms with Crippen LogP contribution in [0.3, 0.4) is 0 Å². The number of hydrogen-bond donors (Lipinski definition) is 2. The maximum Gasteiger partial charge on any atom is 0.339 e. The van der Waals surface area contributed by atoms with E-state index in [2.05, 4.69) is 27.2 Å². The largest absolute Gasteiger partial charge is 0.459 e.